The van der Waals surface area contributed by atoms with Gasteiger partial charge in [-0.15, -0.1) is 0 Å². The number of anilines is 1. The molecule has 0 saturated heterocycles. The smallest absolute Gasteiger partial charge is 0.255 e. The van der Waals surface area contributed by atoms with E-state index in [1.54, 1.807) is 14.0 Å². The number of nitrogens with two attached hydrogens (primary N) is 1. The molecular weight excluding hydrogens is 240 g/mol. The van der Waals surface area contributed by atoms with Crippen LogP contribution < -0.4 is 5.73 Å². The Hall–Kier alpha value is -1.80. The highest BCUT2D eigenvalue weighted by molar-refractivity contribution is 6.33. The van der Waals surface area contributed by atoms with E-state index in [1.165, 1.54) is 17.2 Å². The fourth-order valence-electron chi connectivity index (χ4n) is 1.28. The first-order valence-electron chi connectivity index (χ1n) is 5.02. The average molecular weight is 253 g/mol. The highest BCUT2D eigenvalue weighted by Gasteiger charge is 2.20. The maximum Gasteiger partial charge on any atom is 0.255 e. The molecule has 0 radical (unpaired) electrons. The number of pyridine rings is 1. The number of aromatic nitrogens is 1. The molecule has 1 rings (SSSR count). The number of carbonyl (C=O) groups excluding carboxylic acids is 1. The molecule has 0 spiro atoms. The number of nitriles is 1. The minimum absolute atomic E-state index is 0.182. The fraction of sp³-hybridized carbons (Fsp3) is 0.364. The van der Waals surface area contributed by atoms with E-state index in [0.717, 1.165) is 0 Å². The van der Waals surface area contributed by atoms with Gasteiger partial charge < -0.3 is 10.6 Å². The van der Waals surface area contributed by atoms with E-state index >= 15 is 0 Å². The molecule has 90 valence electrons. The minimum Gasteiger partial charge on any atom is -0.384 e. The zero-order valence-corrected chi connectivity index (χ0v) is 10.4. The van der Waals surface area contributed by atoms with Crippen molar-refractivity contribution >= 4 is 23.3 Å². The molecule has 0 aliphatic heterocycles. The quantitative estimate of drug-likeness (QED) is 0.887. The molecular formula is C11H13ClN4O. The Labute approximate surface area is 105 Å². The molecule has 0 saturated carbocycles. The summed E-state index contributed by atoms with van der Waals surface area (Å²) in [5, 5.41) is 8.84. The lowest BCUT2D eigenvalue weighted by Gasteiger charge is -2.23. The van der Waals surface area contributed by atoms with Crippen LogP contribution >= 0.6 is 11.6 Å². The molecule has 1 unspecified atom stereocenters. The predicted octanol–water partition coefficient (Wildman–Crippen LogP) is 1.69. The molecule has 1 amide bonds. The Morgan fingerprint density at radius 3 is 3.00 bits per heavy atom. The van der Waals surface area contributed by atoms with Crippen molar-refractivity contribution in [1.29, 1.82) is 5.26 Å². The summed E-state index contributed by atoms with van der Waals surface area (Å²) < 4.78 is 0. The third kappa shape index (κ3) is 3.08. The maximum atomic E-state index is 12.1. The highest BCUT2D eigenvalue weighted by atomic mass is 35.5. The predicted molar refractivity (Wildman–Crippen MR) is 65.4 cm³/mol. The summed E-state index contributed by atoms with van der Waals surface area (Å²) in [7, 11) is 1.62. The van der Waals surface area contributed by atoms with E-state index in [1.807, 2.05) is 6.07 Å². The van der Waals surface area contributed by atoms with Crippen LogP contribution in [0.2, 0.25) is 5.02 Å². The Morgan fingerprint density at radius 2 is 2.41 bits per heavy atom. The van der Waals surface area contributed by atoms with Gasteiger partial charge in [0.05, 0.1) is 23.1 Å². The average Bonchev–Trinajstić information content (AvgIpc) is 2.30. The number of halogens is 1. The SMILES string of the molecule is CC(CC#N)N(C)C(=O)c1cc(N)ncc1Cl. The van der Waals surface area contributed by atoms with Crippen LogP contribution in [0, 0.1) is 11.3 Å². The molecule has 1 aromatic heterocycles. The summed E-state index contributed by atoms with van der Waals surface area (Å²) in [6, 6.07) is 3.27. The van der Waals surface area contributed by atoms with E-state index in [2.05, 4.69) is 4.98 Å². The van der Waals surface area contributed by atoms with E-state index in [0.29, 0.717) is 5.56 Å². The lowest BCUT2D eigenvalue weighted by atomic mass is 10.1. The van der Waals surface area contributed by atoms with E-state index < -0.39 is 0 Å². The van der Waals surface area contributed by atoms with Crippen molar-refractivity contribution < 1.29 is 4.79 Å². The molecule has 0 aliphatic carbocycles. The van der Waals surface area contributed by atoms with Gasteiger partial charge in [0.15, 0.2) is 0 Å². The maximum absolute atomic E-state index is 12.1. The highest BCUT2D eigenvalue weighted by Crippen LogP contribution is 2.19. The number of carbonyl (C=O) groups is 1. The van der Waals surface area contributed by atoms with Gasteiger partial charge in [-0.3, -0.25) is 4.79 Å². The molecule has 0 aliphatic rings. The second-order valence-electron chi connectivity index (χ2n) is 3.72. The van der Waals surface area contributed by atoms with Crippen LogP contribution in [-0.4, -0.2) is 28.9 Å². The third-order valence-corrected chi connectivity index (χ3v) is 2.78. The summed E-state index contributed by atoms with van der Waals surface area (Å²) in [6.45, 7) is 1.79. The van der Waals surface area contributed by atoms with Crippen molar-refractivity contribution in [1.82, 2.24) is 9.88 Å². The second kappa shape index (κ2) is 5.51. The molecule has 0 fully saturated rings. The van der Waals surface area contributed by atoms with Gasteiger partial charge in [0.2, 0.25) is 0 Å². The largest absolute Gasteiger partial charge is 0.384 e. The minimum atomic E-state index is -0.271. The topological polar surface area (TPSA) is 83.0 Å². The number of hydrogen-bond acceptors (Lipinski definition) is 4. The van der Waals surface area contributed by atoms with Crippen LogP contribution in [0.5, 0.6) is 0 Å². The molecule has 0 bridgehead atoms. The Bertz CT molecular complexity index is 469. The third-order valence-electron chi connectivity index (χ3n) is 2.48. The summed E-state index contributed by atoms with van der Waals surface area (Å²) in [5.74, 6) is -0.0362. The van der Waals surface area contributed by atoms with Gasteiger partial charge in [0, 0.05) is 19.3 Å². The van der Waals surface area contributed by atoms with Crippen LogP contribution in [0.15, 0.2) is 12.3 Å². The molecule has 1 heterocycles. The normalized spacial score (nSPS) is 11.6. The monoisotopic (exact) mass is 252 g/mol. The Morgan fingerprint density at radius 1 is 1.76 bits per heavy atom. The summed E-state index contributed by atoms with van der Waals surface area (Å²) in [5.41, 5.74) is 5.81. The van der Waals surface area contributed by atoms with E-state index in [9.17, 15) is 4.79 Å². The standard InChI is InChI=1S/C11H13ClN4O/c1-7(3-4-13)16(2)11(17)8-5-10(14)15-6-9(8)12/h5-7H,3H2,1-2H3,(H2,14,15). The Balaban J connectivity index is 2.96. The van der Waals surface area contributed by atoms with Gasteiger partial charge in [-0.2, -0.15) is 5.26 Å². The van der Waals surface area contributed by atoms with Gasteiger partial charge in [0.25, 0.3) is 5.91 Å². The molecule has 17 heavy (non-hydrogen) atoms. The zero-order chi connectivity index (χ0) is 13.0. The fourth-order valence-corrected chi connectivity index (χ4v) is 1.46. The van der Waals surface area contributed by atoms with Gasteiger partial charge in [-0.1, -0.05) is 11.6 Å². The molecule has 5 nitrogen and oxygen atoms in total. The van der Waals surface area contributed by atoms with Crippen LogP contribution in [0.4, 0.5) is 5.82 Å². The second-order valence-corrected chi connectivity index (χ2v) is 4.12. The molecule has 6 heteroatoms. The van der Waals surface area contributed by atoms with Crippen molar-refractivity contribution in [2.75, 3.05) is 12.8 Å². The van der Waals surface area contributed by atoms with Gasteiger partial charge in [0.1, 0.15) is 5.82 Å². The van der Waals surface area contributed by atoms with Gasteiger partial charge >= 0.3 is 0 Å². The number of nitrogens with zero attached hydrogens (tertiary/aromatic N) is 3. The summed E-state index contributed by atoms with van der Waals surface area (Å²) in [6.07, 6.45) is 1.60. The number of amides is 1. The van der Waals surface area contributed by atoms with Crippen LogP contribution in [0.1, 0.15) is 23.7 Å². The number of rotatable bonds is 3. The van der Waals surface area contributed by atoms with E-state index in [4.69, 9.17) is 22.6 Å². The molecule has 1 atom stereocenters. The molecule has 1 aromatic rings. The number of nitrogen functional groups attached to an aromatic ring is 1. The van der Waals surface area contributed by atoms with Crippen molar-refractivity contribution in [3.05, 3.63) is 22.8 Å². The summed E-state index contributed by atoms with van der Waals surface area (Å²) >= 11 is 5.89. The van der Waals surface area contributed by atoms with Crippen molar-refractivity contribution in [2.45, 2.75) is 19.4 Å². The Kier molecular flexibility index (Phi) is 4.30. The van der Waals surface area contributed by atoms with Crippen molar-refractivity contribution in [2.24, 2.45) is 0 Å². The van der Waals surface area contributed by atoms with Crippen molar-refractivity contribution in [3.63, 3.8) is 0 Å². The molecule has 0 aromatic carbocycles. The first kappa shape index (κ1) is 13.3. The summed E-state index contributed by atoms with van der Waals surface area (Å²) in [4.78, 5) is 17.3. The van der Waals surface area contributed by atoms with Crippen LogP contribution in [0.25, 0.3) is 0 Å². The lowest BCUT2D eigenvalue weighted by molar-refractivity contribution is 0.0746. The van der Waals surface area contributed by atoms with E-state index in [-0.39, 0.29) is 29.2 Å². The first-order chi connectivity index (χ1) is 7.97. The van der Waals surface area contributed by atoms with Crippen LogP contribution in [-0.2, 0) is 0 Å². The number of hydrogen-bond donors (Lipinski definition) is 1. The van der Waals surface area contributed by atoms with Gasteiger partial charge in [-0.05, 0) is 13.0 Å². The molecule has 2 N–H and O–H groups in total. The van der Waals surface area contributed by atoms with Gasteiger partial charge in [-0.25, -0.2) is 4.98 Å². The van der Waals surface area contributed by atoms with Crippen LogP contribution in [0.3, 0.4) is 0 Å². The lowest BCUT2D eigenvalue weighted by Crippen LogP contribution is -2.35. The first-order valence-corrected chi connectivity index (χ1v) is 5.40. The van der Waals surface area contributed by atoms with Crippen molar-refractivity contribution in [3.8, 4) is 6.07 Å². The zero-order valence-electron chi connectivity index (χ0n) is 9.64.